The number of nitrogens with zero attached hydrogens (tertiary/aromatic N) is 2. The first-order valence-electron chi connectivity index (χ1n) is 8.32. The highest BCUT2D eigenvalue weighted by Crippen LogP contribution is 2.49. The second-order valence-electron chi connectivity index (χ2n) is 6.97. The minimum atomic E-state index is -0.623. The molecule has 126 valence electrons. The molecule has 2 aromatic rings. The van der Waals surface area contributed by atoms with E-state index in [1.54, 1.807) is 0 Å². The summed E-state index contributed by atoms with van der Waals surface area (Å²) in [6.45, 7) is 2.18. The summed E-state index contributed by atoms with van der Waals surface area (Å²) in [6, 6.07) is 8.10. The van der Waals surface area contributed by atoms with Crippen LogP contribution in [0.1, 0.15) is 25.1 Å². The average Bonchev–Trinajstić information content (AvgIpc) is 3.22. The number of halogens is 1. The molecule has 2 fully saturated rings. The van der Waals surface area contributed by atoms with Crippen molar-refractivity contribution in [1.29, 1.82) is 0 Å². The summed E-state index contributed by atoms with van der Waals surface area (Å²) in [6.07, 6.45) is 4.73. The van der Waals surface area contributed by atoms with Gasteiger partial charge in [-0.1, -0.05) is 34.5 Å². The minimum Gasteiger partial charge on any atom is -0.481 e. The van der Waals surface area contributed by atoms with Gasteiger partial charge in [-0.3, -0.25) is 9.69 Å². The maximum absolute atomic E-state index is 11.8. The van der Waals surface area contributed by atoms with Crippen molar-refractivity contribution in [2.75, 3.05) is 13.1 Å². The van der Waals surface area contributed by atoms with E-state index in [0.717, 1.165) is 47.4 Å². The molecule has 1 aliphatic heterocycles. The number of fused-ring (bicyclic) bond motifs is 1. The molecule has 0 bridgehead atoms. The van der Waals surface area contributed by atoms with Crippen LogP contribution in [0.15, 0.2) is 34.9 Å². The lowest BCUT2D eigenvalue weighted by atomic mass is 9.81. The van der Waals surface area contributed by atoms with Gasteiger partial charge in [0.15, 0.2) is 0 Å². The van der Waals surface area contributed by atoms with Gasteiger partial charge in [-0.25, -0.2) is 4.98 Å². The Balaban J connectivity index is 1.47. The van der Waals surface area contributed by atoms with E-state index in [1.807, 2.05) is 30.5 Å². The highest BCUT2D eigenvalue weighted by Gasteiger charge is 2.54. The van der Waals surface area contributed by atoms with Crippen molar-refractivity contribution >= 4 is 21.9 Å². The lowest BCUT2D eigenvalue weighted by Gasteiger charge is -2.23. The predicted octanol–water partition coefficient (Wildman–Crippen LogP) is 3.53. The SMILES string of the molecule is O=C(O)[C@@]12CCC[C@H]1CN(Cc1ncc(-c3ccc(Br)cc3)[nH]1)C2. The Morgan fingerprint density at radius 1 is 1.42 bits per heavy atom. The molecule has 2 atom stereocenters. The number of imidazole rings is 1. The number of carboxylic acid groups (broad SMARTS) is 1. The number of aromatic amines is 1. The van der Waals surface area contributed by atoms with E-state index in [9.17, 15) is 9.90 Å². The van der Waals surface area contributed by atoms with Crippen molar-refractivity contribution in [1.82, 2.24) is 14.9 Å². The summed E-state index contributed by atoms with van der Waals surface area (Å²) >= 11 is 3.44. The molecule has 24 heavy (non-hydrogen) atoms. The lowest BCUT2D eigenvalue weighted by Crippen LogP contribution is -2.35. The van der Waals surface area contributed by atoms with Gasteiger partial charge in [0.2, 0.25) is 0 Å². The fourth-order valence-corrected chi connectivity index (χ4v) is 4.56. The Morgan fingerprint density at radius 3 is 2.92 bits per heavy atom. The number of likely N-dealkylation sites (tertiary alicyclic amines) is 1. The summed E-state index contributed by atoms with van der Waals surface area (Å²) in [5.74, 6) is 0.562. The van der Waals surface area contributed by atoms with Gasteiger partial charge in [-0.05, 0) is 36.5 Å². The summed E-state index contributed by atoms with van der Waals surface area (Å²) in [4.78, 5) is 21.9. The standard InChI is InChI=1S/C18H20BrN3O2/c19-14-5-3-12(4-6-14)15-8-20-16(21-15)10-22-9-13-2-1-7-18(13,11-22)17(23)24/h3-6,8,13H,1-2,7,9-11H2,(H,20,21)(H,23,24)/t13-,18+/m0/s1. The largest absolute Gasteiger partial charge is 0.481 e. The fourth-order valence-electron chi connectivity index (χ4n) is 4.29. The normalized spacial score (nSPS) is 26.6. The number of hydrogen-bond acceptors (Lipinski definition) is 3. The quantitative estimate of drug-likeness (QED) is 0.838. The molecule has 0 radical (unpaired) electrons. The second kappa shape index (κ2) is 6.01. The number of benzene rings is 1. The third kappa shape index (κ3) is 2.67. The third-order valence-corrected chi connectivity index (χ3v) is 6.05. The van der Waals surface area contributed by atoms with Crippen molar-refractivity contribution in [2.45, 2.75) is 25.8 Å². The molecule has 1 aromatic heterocycles. The number of carboxylic acids is 1. The molecule has 0 amide bonds. The predicted molar refractivity (Wildman–Crippen MR) is 94.4 cm³/mol. The Morgan fingerprint density at radius 2 is 2.21 bits per heavy atom. The van der Waals surface area contributed by atoms with E-state index in [4.69, 9.17) is 0 Å². The Kier molecular flexibility index (Phi) is 3.96. The summed E-state index contributed by atoms with van der Waals surface area (Å²) in [5.41, 5.74) is 1.56. The van der Waals surface area contributed by atoms with Gasteiger partial charge in [0, 0.05) is 17.6 Å². The minimum absolute atomic E-state index is 0.288. The zero-order chi connectivity index (χ0) is 16.7. The fraction of sp³-hybridized carbons (Fsp3) is 0.444. The van der Waals surface area contributed by atoms with Crippen LogP contribution >= 0.6 is 15.9 Å². The average molecular weight is 390 g/mol. The van der Waals surface area contributed by atoms with Gasteiger partial charge in [0.05, 0.1) is 23.9 Å². The molecule has 1 aliphatic carbocycles. The molecule has 5 nitrogen and oxygen atoms in total. The first-order chi connectivity index (χ1) is 11.6. The van der Waals surface area contributed by atoms with E-state index in [-0.39, 0.29) is 5.92 Å². The molecule has 6 heteroatoms. The van der Waals surface area contributed by atoms with Gasteiger partial charge >= 0.3 is 5.97 Å². The number of rotatable bonds is 4. The maximum Gasteiger partial charge on any atom is 0.311 e. The van der Waals surface area contributed by atoms with Gasteiger partial charge in [-0.15, -0.1) is 0 Å². The van der Waals surface area contributed by atoms with E-state index in [0.29, 0.717) is 13.1 Å². The van der Waals surface area contributed by atoms with Crippen molar-refractivity contribution in [3.8, 4) is 11.3 Å². The van der Waals surface area contributed by atoms with Crippen molar-refractivity contribution in [3.05, 3.63) is 40.8 Å². The molecule has 2 N–H and O–H groups in total. The summed E-state index contributed by atoms with van der Waals surface area (Å²) in [5, 5.41) is 9.68. The summed E-state index contributed by atoms with van der Waals surface area (Å²) < 4.78 is 1.05. The van der Waals surface area contributed by atoms with Crippen LogP contribution in [-0.2, 0) is 11.3 Å². The smallest absolute Gasteiger partial charge is 0.311 e. The zero-order valence-electron chi connectivity index (χ0n) is 13.3. The molecule has 1 saturated carbocycles. The maximum atomic E-state index is 11.8. The monoisotopic (exact) mass is 389 g/mol. The van der Waals surface area contributed by atoms with Gasteiger partial charge < -0.3 is 10.1 Å². The van der Waals surface area contributed by atoms with Crippen LogP contribution in [0.2, 0.25) is 0 Å². The third-order valence-electron chi connectivity index (χ3n) is 5.52. The van der Waals surface area contributed by atoms with Crippen molar-refractivity contribution < 1.29 is 9.90 Å². The molecular weight excluding hydrogens is 370 g/mol. The highest BCUT2D eigenvalue weighted by molar-refractivity contribution is 9.10. The topological polar surface area (TPSA) is 69.2 Å². The van der Waals surface area contributed by atoms with Crippen molar-refractivity contribution in [3.63, 3.8) is 0 Å². The Labute approximate surface area is 149 Å². The van der Waals surface area contributed by atoms with Crippen molar-refractivity contribution in [2.24, 2.45) is 11.3 Å². The van der Waals surface area contributed by atoms with Crippen LogP contribution in [0.4, 0.5) is 0 Å². The Bertz CT molecular complexity index is 758. The lowest BCUT2D eigenvalue weighted by molar-refractivity contribution is -0.149. The zero-order valence-corrected chi connectivity index (χ0v) is 14.9. The Hall–Kier alpha value is -1.66. The molecule has 1 saturated heterocycles. The molecule has 2 heterocycles. The van der Waals surface area contributed by atoms with E-state index in [2.05, 4.69) is 30.8 Å². The van der Waals surface area contributed by atoms with E-state index >= 15 is 0 Å². The second-order valence-corrected chi connectivity index (χ2v) is 7.89. The van der Waals surface area contributed by atoms with Crippen LogP contribution in [0.5, 0.6) is 0 Å². The number of hydrogen-bond donors (Lipinski definition) is 2. The van der Waals surface area contributed by atoms with Crippen LogP contribution in [0.25, 0.3) is 11.3 Å². The molecule has 0 spiro atoms. The van der Waals surface area contributed by atoms with Gasteiger partial charge in [-0.2, -0.15) is 0 Å². The number of carbonyl (C=O) groups is 1. The van der Waals surface area contributed by atoms with Crippen LogP contribution < -0.4 is 0 Å². The summed E-state index contributed by atoms with van der Waals surface area (Å²) in [7, 11) is 0. The van der Waals surface area contributed by atoms with Gasteiger partial charge in [0.25, 0.3) is 0 Å². The number of aromatic nitrogens is 2. The molecule has 1 aromatic carbocycles. The first-order valence-corrected chi connectivity index (χ1v) is 9.12. The highest BCUT2D eigenvalue weighted by atomic mass is 79.9. The number of H-pyrrole nitrogens is 1. The molecule has 0 unspecified atom stereocenters. The van der Waals surface area contributed by atoms with E-state index in [1.165, 1.54) is 0 Å². The molecule has 4 rings (SSSR count). The van der Waals surface area contributed by atoms with Crippen LogP contribution in [0.3, 0.4) is 0 Å². The van der Waals surface area contributed by atoms with Crippen LogP contribution in [0, 0.1) is 11.3 Å². The molecule has 2 aliphatic rings. The molecular formula is C18H20BrN3O2. The number of nitrogens with one attached hydrogen (secondary N) is 1. The van der Waals surface area contributed by atoms with Crippen LogP contribution in [-0.4, -0.2) is 39.0 Å². The van der Waals surface area contributed by atoms with Gasteiger partial charge in [0.1, 0.15) is 5.82 Å². The van der Waals surface area contributed by atoms with E-state index < -0.39 is 11.4 Å². The number of aliphatic carboxylic acids is 1. The first kappa shape index (κ1) is 15.8.